The topological polar surface area (TPSA) is 114 Å². The van der Waals surface area contributed by atoms with Crippen molar-refractivity contribution in [1.29, 1.82) is 0 Å². The van der Waals surface area contributed by atoms with Gasteiger partial charge < -0.3 is 14.3 Å². The van der Waals surface area contributed by atoms with Crippen LogP contribution in [0.25, 0.3) is 0 Å². The van der Waals surface area contributed by atoms with Crippen molar-refractivity contribution in [1.82, 2.24) is 4.31 Å². The highest BCUT2D eigenvalue weighted by Crippen LogP contribution is 2.24. The molecule has 0 saturated heterocycles. The van der Waals surface area contributed by atoms with Gasteiger partial charge in [-0.25, -0.2) is 13.2 Å². The number of carbonyl (C=O) groups is 2. The summed E-state index contributed by atoms with van der Waals surface area (Å²) in [5.41, 5.74) is 0. The van der Waals surface area contributed by atoms with E-state index < -0.39 is 28.0 Å². The number of carbonyl (C=O) groups excluding carboxylic acids is 1. The highest BCUT2D eigenvalue weighted by molar-refractivity contribution is 7.89. The number of sulfonamides is 1. The average molecular weight is 305 g/mol. The lowest BCUT2D eigenvalue weighted by Gasteiger charge is -2.20. The third kappa shape index (κ3) is 2.83. The molecule has 0 saturated carbocycles. The summed E-state index contributed by atoms with van der Waals surface area (Å²) in [6.45, 7) is 2.59. The van der Waals surface area contributed by atoms with Crippen LogP contribution in [0, 0.1) is 6.92 Å². The van der Waals surface area contributed by atoms with Crippen LogP contribution in [-0.4, -0.2) is 50.0 Å². The van der Waals surface area contributed by atoms with Gasteiger partial charge in [0, 0.05) is 13.1 Å². The zero-order chi connectivity index (χ0) is 15.7. The van der Waals surface area contributed by atoms with E-state index in [1.54, 1.807) is 0 Å². The van der Waals surface area contributed by atoms with Crippen molar-refractivity contribution in [2.24, 2.45) is 0 Å². The van der Waals surface area contributed by atoms with Crippen LogP contribution < -0.4 is 0 Å². The summed E-state index contributed by atoms with van der Waals surface area (Å²) < 4.78 is 34.7. The highest BCUT2D eigenvalue weighted by atomic mass is 32.2. The number of carboxylic acids is 1. The average Bonchev–Trinajstić information content (AvgIpc) is 2.78. The van der Waals surface area contributed by atoms with Gasteiger partial charge in [-0.2, -0.15) is 4.31 Å². The molecule has 0 amide bonds. The fraction of sp³-hybridized carbons (Fsp3) is 0.455. The number of hydrogen-bond acceptors (Lipinski definition) is 6. The Labute approximate surface area is 116 Å². The summed E-state index contributed by atoms with van der Waals surface area (Å²) in [6.07, 6.45) is 0. The van der Waals surface area contributed by atoms with Crippen LogP contribution in [0.1, 0.15) is 23.2 Å². The van der Waals surface area contributed by atoms with Crippen molar-refractivity contribution in [3.63, 3.8) is 0 Å². The van der Waals surface area contributed by atoms with E-state index in [-0.39, 0.29) is 16.4 Å². The lowest BCUT2D eigenvalue weighted by atomic mass is 10.4. The molecule has 1 unspecified atom stereocenters. The standard InChI is InChI=1S/C11H15NO7S/c1-6(10(13)14)12(3)20(16,17)9-5-8(11(15)18-4)19-7(9)2/h5-6H,1-4H3,(H,13,14). The summed E-state index contributed by atoms with van der Waals surface area (Å²) in [6, 6.07) is -0.238. The lowest BCUT2D eigenvalue weighted by Crippen LogP contribution is -2.40. The third-order valence-electron chi connectivity index (χ3n) is 2.82. The van der Waals surface area contributed by atoms with Crippen LogP contribution in [0.2, 0.25) is 0 Å². The van der Waals surface area contributed by atoms with E-state index in [1.807, 2.05) is 0 Å². The Bertz CT molecular complexity index is 631. The summed E-state index contributed by atoms with van der Waals surface area (Å²) in [7, 11) is -1.81. The number of carboxylic acid groups (broad SMARTS) is 1. The molecular formula is C11H15NO7S. The molecule has 0 aliphatic carbocycles. The normalized spacial score (nSPS) is 13.2. The number of aryl methyl sites for hydroxylation is 1. The monoisotopic (exact) mass is 305 g/mol. The number of rotatable bonds is 5. The molecule has 8 nitrogen and oxygen atoms in total. The number of esters is 1. The molecule has 1 aromatic rings. The minimum atomic E-state index is -4.08. The molecule has 112 valence electrons. The number of ether oxygens (including phenoxy) is 1. The van der Waals surface area contributed by atoms with E-state index in [9.17, 15) is 18.0 Å². The number of likely N-dealkylation sites (N-methyl/N-ethyl adjacent to an activating group) is 1. The van der Waals surface area contributed by atoms with Crippen LogP contribution in [0.4, 0.5) is 0 Å². The molecule has 0 aromatic carbocycles. The van der Waals surface area contributed by atoms with Gasteiger partial charge in [0.15, 0.2) is 0 Å². The molecule has 1 N–H and O–H groups in total. The van der Waals surface area contributed by atoms with Crippen molar-refractivity contribution in [3.8, 4) is 0 Å². The number of aliphatic carboxylic acids is 1. The molecule has 0 bridgehead atoms. The number of nitrogens with zero attached hydrogens (tertiary/aromatic N) is 1. The first-order chi connectivity index (χ1) is 9.12. The van der Waals surface area contributed by atoms with Crippen molar-refractivity contribution < 1.29 is 32.3 Å². The maximum atomic E-state index is 12.3. The predicted octanol–water partition coefficient (Wildman–Crippen LogP) is 0.468. The van der Waals surface area contributed by atoms with Gasteiger partial charge in [0.05, 0.1) is 7.11 Å². The Morgan fingerprint density at radius 2 is 2.00 bits per heavy atom. The summed E-state index contributed by atoms with van der Waals surface area (Å²) >= 11 is 0. The second-order valence-corrected chi connectivity index (χ2v) is 6.02. The van der Waals surface area contributed by atoms with Crippen LogP contribution in [0.5, 0.6) is 0 Å². The number of hydrogen-bond donors (Lipinski definition) is 1. The zero-order valence-electron chi connectivity index (χ0n) is 11.4. The molecule has 1 aromatic heterocycles. The van der Waals surface area contributed by atoms with Gasteiger partial charge >= 0.3 is 11.9 Å². The van der Waals surface area contributed by atoms with E-state index in [0.29, 0.717) is 4.31 Å². The Balaban J connectivity index is 3.26. The first kappa shape index (κ1) is 16.2. The second kappa shape index (κ2) is 5.63. The van der Waals surface area contributed by atoms with Crippen molar-refractivity contribution >= 4 is 22.0 Å². The van der Waals surface area contributed by atoms with E-state index in [0.717, 1.165) is 20.2 Å². The molecule has 0 aliphatic heterocycles. The summed E-state index contributed by atoms with van der Waals surface area (Å²) in [4.78, 5) is 21.9. The van der Waals surface area contributed by atoms with Gasteiger partial charge in [0.1, 0.15) is 16.7 Å². The SMILES string of the molecule is COC(=O)c1cc(S(=O)(=O)N(C)C(C)C(=O)O)c(C)o1. The van der Waals surface area contributed by atoms with Crippen LogP contribution >= 0.6 is 0 Å². The van der Waals surface area contributed by atoms with Crippen molar-refractivity contribution in [2.75, 3.05) is 14.2 Å². The highest BCUT2D eigenvalue weighted by Gasteiger charge is 2.33. The van der Waals surface area contributed by atoms with Crippen LogP contribution in [0.15, 0.2) is 15.4 Å². The Hall–Kier alpha value is -1.87. The van der Waals surface area contributed by atoms with Crippen molar-refractivity contribution in [3.05, 3.63) is 17.6 Å². The number of furan rings is 1. The number of methoxy groups -OCH3 is 1. The zero-order valence-corrected chi connectivity index (χ0v) is 12.2. The minimum absolute atomic E-state index is 0.0187. The summed E-state index contributed by atoms with van der Waals surface area (Å²) in [5.74, 6) is -2.39. The smallest absolute Gasteiger partial charge is 0.373 e. The molecule has 0 aliphatic rings. The van der Waals surface area contributed by atoms with Gasteiger partial charge in [-0.1, -0.05) is 0 Å². The lowest BCUT2D eigenvalue weighted by molar-refractivity contribution is -0.140. The van der Waals surface area contributed by atoms with E-state index >= 15 is 0 Å². The molecule has 0 fully saturated rings. The summed E-state index contributed by atoms with van der Waals surface area (Å²) in [5, 5.41) is 8.86. The van der Waals surface area contributed by atoms with E-state index in [1.165, 1.54) is 13.8 Å². The quantitative estimate of drug-likeness (QED) is 0.786. The van der Waals surface area contributed by atoms with Gasteiger partial charge in [0.2, 0.25) is 15.8 Å². The first-order valence-corrected chi connectivity index (χ1v) is 6.96. The Morgan fingerprint density at radius 1 is 1.45 bits per heavy atom. The molecule has 0 spiro atoms. The molecule has 1 atom stereocenters. The van der Waals surface area contributed by atoms with Crippen molar-refractivity contribution in [2.45, 2.75) is 24.8 Å². The maximum Gasteiger partial charge on any atom is 0.373 e. The Kier molecular flexibility index (Phi) is 4.56. The first-order valence-electron chi connectivity index (χ1n) is 5.52. The second-order valence-electron chi connectivity index (χ2n) is 4.06. The molecule has 9 heteroatoms. The molecular weight excluding hydrogens is 290 g/mol. The molecule has 1 heterocycles. The molecule has 20 heavy (non-hydrogen) atoms. The van der Waals surface area contributed by atoms with Gasteiger partial charge in [-0.05, 0) is 13.8 Å². The fourth-order valence-corrected chi connectivity index (χ4v) is 2.92. The predicted molar refractivity (Wildman–Crippen MR) is 66.8 cm³/mol. The fourth-order valence-electron chi connectivity index (χ4n) is 1.44. The molecule has 1 rings (SSSR count). The van der Waals surface area contributed by atoms with E-state index in [2.05, 4.69) is 4.74 Å². The third-order valence-corrected chi connectivity index (χ3v) is 4.85. The minimum Gasteiger partial charge on any atom is -0.480 e. The largest absolute Gasteiger partial charge is 0.480 e. The van der Waals surface area contributed by atoms with Gasteiger partial charge in [-0.15, -0.1) is 0 Å². The van der Waals surface area contributed by atoms with Gasteiger partial charge in [-0.3, -0.25) is 4.79 Å². The Morgan fingerprint density at radius 3 is 2.45 bits per heavy atom. The van der Waals surface area contributed by atoms with E-state index in [4.69, 9.17) is 9.52 Å². The van der Waals surface area contributed by atoms with Crippen LogP contribution in [0.3, 0.4) is 0 Å². The maximum absolute atomic E-state index is 12.3. The van der Waals surface area contributed by atoms with Crippen LogP contribution in [-0.2, 0) is 19.6 Å². The molecule has 0 radical (unpaired) electrons. The van der Waals surface area contributed by atoms with Gasteiger partial charge in [0.25, 0.3) is 0 Å².